The van der Waals surface area contributed by atoms with Gasteiger partial charge in [-0.25, -0.2) is 0 Å². The molecule has 2 N–H and O–H groups in total. The number of allylic oxidation sites excluding steroid dienone is 1. The van der Waals surface area contributed by atoms with E-state index in [0.29, 0.717) is 34.3 Å². The van der Waals surface area contributed by atoms with Gasteiger partial charge >= 0.3 is 7.12 Å². The van der Waals surface area contributed by atoms with Crippen molar-refractivity contribution >= 4 is 72.0 Å². The number of phenolic OH excluding ortho intramolecular Hbond substituents is 1. The predicted molar refractivity (Wildman–Crippen MR) is 237 cm³/mol. The van der Waals surface area contributed by atoms with Crippen LogP contribution in [0.2, 0.25) is 11.4 Å². The molecule has 2 aliphatic heterocycles. The Morgan fingerprint density at radius 3 is 2.14 bits per heavy atom. The van der Waals surface area contributed by atoms with Gasteiger partial charge in [0.2, 0.25) is 11.8 Å². The molecule has 2 amide bonds. The monoisotopic (exact) mass is 895 g/mol. The SMILES string of the molecule is CC/C(=C\c1cc(I)c(O)c(OC)c1)CC[C@H]1OB(O)C[C@H]2C1=C(CO[Si](c1ccccc1)(c1ccccc1)C(C)(C)C)C[C@H]1C(=O)N(c3ccccc3)C(=O)[C@H]12. The number of rotatable bonds is 12. The summed E-state index contributed by atoms with van der Waals surface area (Å²) in [4.78, 5) is 30.2. The Bertz CT molecular complexity index is 2120. The fraction of sp³-hybridized carbons (Fsp3) is 0.348. The van der Waals surface area contributed by atoms with E-state index in [4.69, 9.17) is 13.8 Å². The maximum absolute atomic E-state index is 14.5. The Labute approximate surface area is 351 Å². The first-order valence-electron chi connectivity index (χ1n) is 19.9. The van der Waals surface area contributed by atoms with E-state index >= 15 is 0 Å². The Morgan fingerprint density at radius 2 is 1.56 bits per heavy atom. The highest BCUT2D eigenvalue weighted by Gasteiger charge is 2.58. The number of carbonyl (C=O) groups excluding carboxylic acids is 2. The molecule has 0 bridgehead atoms. The van der Waals surface area contributed by atoms with E-state index in [-0.39, 0.29) is 35.5 Å². The fourth-order valence-electron chi connectivity index (χ4n) is 9.42. The maximum Gasteiger partial charge on any atom is 0.455 e. The summed E-state index contributed by atoms with van der Waals surface area (Å²) in [5.74, 6) is -1.47. The number of fused-ring (bicyclic) bond motifs is 3. The average molecular weight is 896 g/mol. The van der Waals surface area contributed by atoms with E-state index in [1.807, 2.05) is 42.5 Å². The molecule has 0 spiro atoms. The van der Waals surface area contributed by atoms with Crippen molar-refractivity contribution in [3.63, 3.8) is 0 Å². The number of benzene rings is 4. The molecule has 0 saturated carbocycles. The van der Waals surface area contributed by atoms with Crippen LogP contribution >= 0.6 is 22.6 Å². The molecule has 8 nitrogen and oxygen atoms in total. The number of para-hydroxylation sites is 1. The van der Waals surface area contributed by atoms with Gasteiger partial charge in [0.05, 0.1) is 40.9 Å². The van der Waals surface area contributed by atoms with E-state index in [0.717, 1.165) is 33.5 Å². The zero-order valence-electron chi connectivity index (χ0n) is 33.3. The van der Waals surface area contributed by atoms with Gasteiger partial charge in [0.25, 0.3) is 8.32 Å². The molecule has 0 unspecified atom stereocenters. The third-order valence-corrected chi connectivity index (χ3v) is 17.8. The van der Waals surface area contributed by atoms with Gasteiger partial charge in [-0.1, -0.05) is 118 Å². The maximum atomic E-state index is 14.5. The lowest BCUT2D eigenvalue weighted by atomic mass is 9.58. The van der Waals surface area contributed by atoms with Crippen LogP contribution in [0.25, 0.3) is 6.08 Å². The smallest absolute Gasteiger partial charge is 0.455 e. The molecule has 7 rings (SSSR count). The van der Waals surface area contributed by atoms with Crippen LogP contribution in [-0.4, -0.2) is 57.2 Å². The topological polar surface area (TPSA) is 106 Å². The number of ether oxygens (including phenoxy) is 1. The van der Waals surface area contributed by atoms with Crippen molar-refractivity contribution < 1.29 is 33.5 Å². The minimum Gasteiger partial charge on any atom is -0.504 e. The summed E-state index contributed by atoms with van der Waals surface area (Å²) in [6.45, 7) is 9.13. The molecule has 11 heteroatoms. The summed E-state index contributed by atoms with van der Waals surface area (Å²) < 4.78 is 20.1. The molecule has 2 saturated heterocycles. The summed E-state index contributed by atoms with van der Waals surface area (Å²) >= 11 is 2.11. The minimum atomic E-state index is -2.98. The van der Waals surface area contributed by atoms with E-state index < -0.39 is 39.3 Å². The molecule has 4 aromatic carbocycles. The van der Waals surface area contributed by atoms with E-state index in [1.165, 1.54) is 10.5 Å². The van der Waals surface area contributed by atoms with Crippen LogP contribution < -0.4 is 20.0 Å². The fourth-order valence-corrected chi connectivity index (χ4v) is 14.6. The second-order valence-corrected chi connectivity index (χ2v) is 21.8. The minimum absolute atomic E-state index is 0.116. The summed E-state index contributed by atoms with van der Waals surface area (Å²) in [7, 11) is -2.53. The largest absolute Gasteiger partial charge is 0.504 e. The molecular weight excluding hydrogens is 844 g/mol. The van der Waals surface area contributed by atoms with E-state index in [9.17, 15) is 19.7 Å². The van der Waals surface area contributed by atoms with Crippen molar-refractivity contribution in [3.05, 3.63) is 129 Å². The summed E-state index contributed by atoms with van der Waals surface area (Å²) in [5, 5.41) is 23.9. The Balaban J connectivity index is 1.30. The summed E-state index contributed by atoms with van der Waals surface area (Å²) in [6.07, 6.45) is 4.25. The predicted octanol–water partition coefficient (Wildman–Crippen LogP) is 8.16. The van der Waals surface area contributed by atoms with Crippen LogP contribution in [0, 0.1) is 21.3 Å². The molecule has 0 aromatic heterocycles. The second kappa shape index (κ2) is 17.1. The first kappa shape index (κ1) is 41.2. The Kier molecular flexibility index (Phi) is 12.3. The van der Waals surface area contributed by atoms with Crippen LogP contribution in [0.3, 0.4) is 0 Å². The number of carbonyl (C=O) groups is 2. The lowest BCUT2D eigenvalue weighted by Gasteiger charge is -2.46. The zero-order chi connectivity index (χ0) is 40.5. The van der Waals surface area contributed by atoms with Crippen molar-refractivity contribution in [3.8, 4) is 11.5 Å². The third kappa shape index (κ3) is 7.93. The number of methoxy groups -OCH3 is 1. The molecule has 4 atom stereocenters. The number of halogens is 1. The lowest BCUT2D eigenvalue weighted by Crippen LogP contribution is -2.66. The number of aromatic hydroxyl groups is 1. The van der Waals surface area contributed by atoms with Gasteiger partial charge in [-0.3, -0.25) is 14.5 Å². The molecule has 0 radical (unpaired) electrons. The molecular formula is C46H51BINO7Si. The third-order valence-electron chi connectivity index (χ3n) is 12.0. The van der Waals surface area contributed by atoms with Crippen LogP contribution in [0.1, 0.15) is 58.9 Å². The van der Waals surface area contributed by atoms with Gasteiger partial charge in [0.1, 0.15) is 0 Å². The summed E-state index contributed by atoms with van der Waals surface area (Å²) in [5.41, 5.74) is 4.63. The van der Waals surface area contributed by atoms with Crippen LogP contribution in [0.4, 0.5) is 5.69 Å². The van der Waals surface area contributed by atoms with Gasteiger partial charge in [0, 0.05) is 0 Å². The summed E-state index contributed by atoms with van der Waals surface area (Å²) in [6, 6.07) is 33.9. The molecule has 4 aromatic rings. The van der Waals surface area contributed by atoms with Crippen LogP contribution in [0.5, 0.6) is 11.5 Å². The number of hydrogen-bond acceptors (Lipinski definition) is 7. The molecule has 2 heterocycles. The van der Waals surface area contributed by atoms with Crippen LogP contribution in [0.15, 0.2) is 120 Å². The van der Waals surface area contributed by atoms with Crippen molar-refractivity contribution in [2.45, 2.75) is 70.8 Å². The first-order chi connectivity index (χ1) is 27.4. The van der Waals surface area contributed by atoms with Gasteiger partial charge in [-0.05, 0) is 117 Å². The number of phenols is 1. The second-order valence-electron chi connectivity index (χ2n) is 16.4. The highest BCUT2D eigenvalue weighted by atomic mass is 127. The van der Waals surface area contributed by atoms with Crippen molar-refractivity contribution in [1.29, 1.82) is 0 Å². The standard InChI is InChI=1S/C46H51BINO7Si/c1-6-30(24-31-25-38(48)43(50)40(26-31)54-5)22-23-39-41-32(29-55-57(46(2,3)4,34-18-12-8-13-19-34)35-20-14-9-15-21-35)27-36-42(37(41)28-47(53)56-39)45(52)49(44(36)51)33-16-10-7-11-17-33/h7-21,24-26,36-37,39,42,50,53H,6,22-23,27-29H2,1-5H3/b30-24+/t36-,37+,39-,42-/m1/s1. The van der Waals surface area contributed by atoms with Gasteiger partial charge < -0.3 is 23.9 Å². The Hall–Kier alpha value is -4.01. The van der Waals surface area contributed by atoms with Gasteiger partial charge in [-0.2, -0.15) is 0 Å². The number of anilines is 1. The van der Waals surface area contributed by atoms with Crippen LogP contribution in [-0.2, 0) is 18.7 Å². The highest BCUT2D eigenvalue weighted by molar-refractivity contribution is 14.1. The van der Waals surface area contributed by atoms with E-state index in [1.54, 1.807) is 19.2 Å². The lowest BCUT2D eigenvalue weighted by molar-refractivity contribution is -0.122. The molecule has 2 fully saturated rings. The molecule has 296 valence electrons. The van der Waals surface area contributed by atoms with Crippen molar-refractivity contribution in [1.82, 2.24) is 0 Å². The molecule has 1 aliphatic carbocycles. The number of imide groups is 1. The number of hydrogen-bond donors (Lipinski definition) is 2. The van der Waals surface area contributed by atoms with Gasteiger partial charge in [-0.15, -0.1) is 0 Å². The zero-order valence-corrected chi connectivity index (χ0v) is 36.4. The quantitative estimate of drug-likeness (QED) is 0.0641. The number of amides is 2. The number of nitrogens with zero attached hydrogens (tertiary/aromatic N) is 1. The highest BCUT2D eigenvalue weighted by Crippen LogP contribution is 2.52. The molecule has 3 aliphatic rings. The van der Waals surface area contributed by atoms with Crippen molar-refractivity contribution in [2.75, 3.05) is 18.6 Å². The Morgan fingerprint density at radius 1 is 0.947 bits per heavy atom. The first-order valence-corrected chi connectivity index (χ1v) is 22.9. The normalized spacial score (nSPS) is 21.5. The van der Waals surface area contributed by atoms with E-state index in [2.05, 4.69) is 105 Å². The molecule has 57 heavy (non-hydrogen) atoms. The van der Waals surface area contributed by atoms with Crippen molar-refractivity contribution in [2.24, 2.45) is 17.8 Å². The average Bonchev–Trinajstić information content (AvgIpc) is 3.46. The van der Waals surface area contributed by atoms with Gasteiger partial charge in [0.15, 0.2) is 11.5 Å².